The van der Waals surface area contributed by atoms with Gasteiger partial charge in [0.2, 0.25) is 5.43 Å². The highest BCUT2D eigenvalue weighted by molar-refractivity contribution is 7.24. The second kappa shape index (κ2) is 8.74. The Labute approximate surface area is 176 Å². The maximum Gasteiger partial charge on any atom is 0.258 e. The summed E-state index contributed by atoms with van der Waals surface area (Å²) in [6.07, 6.45) is 0. The number of benzene rings is 1. The average Bonchev–Trinajstić information content (AvgIpc) is 3.13. The van der Waals surface area contributed by atoms with Gasteiger partial charge >= 0.3 is 0 Å². The van der Waals surface area contributed by atoms with E-state index in [2.05, 4.69) is 31.5 Å². The molecule has 0 spiro atoms. The predicted molar refractivity (Wildman–Crippen MR) is 121 cm³/mol. The van der Waals surface area contributed by atoms with Gasteiger partial charge in [-0.25, -0.2) is 0 Å². The maximum atomic E-state index is 13.4. The van der Waals surface area contributed by atoms with Crippen molar-refractivity contribution in [1.29, 1.82) is 0 Å². The molecule has 156 valence electrons. The zero-order valence-electron chi connectivity index (χ0n) is 16.8. The second-order valence-electron chi connectivity index (χ2n) is 6.77. The molecular formula is C20H23N7O2S. The molecule has 10 heteroatoms. The number of hydrogen-bond donors (Lipinski definition) is 4. The average molecular weight is 426 g/mol. The van der Waals surface area contributed by atoms with Crippen molar-refractivity contribution in [2.24, 2.45) is 0 Å². The number of anilines is 1. The minimum Gasteiger partial charge on any atom is -0.367 e. The summed E-state index contributed by atoms with van der Waals surface area (Å²) < 4.78 is 2.82. The fourth-order valence-corrected chi connectivity index (χ4v) is 4.48. The van der Waals surface area contributed by atoms with Gasteiger partial charge in [-0.2, -0.15) is 0 Å². The number of carbonyl (C=O) groups is 1. The predicted octanol–water partition coefficient (Wildman–Crippen LogP) is 1.04. The number of carbonyl (C=O) groups excluding carboxylic acids is 1. The molecule has 0 bridgehead atoms. The molecule has 1 amide bonds. The highest BCUT2D eigenvalue weighted by Gasteiger charge is 2.22. The highest BCUT2D eigenvalue weighted by Crippen LogP contribution is 2.30. The largest absolute Gasteiger partial charge is 0.367 e. The molecule has 3 heterocycles. The molecule has 0 atom stereocenters. The van der Waals surface area contributed by atoms with Crippen molar-refractivity contribution in [3.05, 3.63) is 46.1 Å². The smallest absolute Gasteiger partial charge is 0.258 e. The Kier molecular flexibility index (Phi) is 5.88. The third kappa shape index (κ3) is 3.60. The van der Waals surface area contributed by atoms with E-state index in [1.54, 1.807) is 6.07 Å². The molecule has 4 N–H and O–H groups in total. The summed E-state index contributed by atoms with van der Waals surface area (Å²) in [6, 6.07) is 9.44. The van der Waals surface area contributed by atoms with Crippen LogP contribution in [0.2, 0.25) is 0 Å². The number of para-hydroxylation sites is 1. The van der Waals surface area contributed by atoms with E-state index in [1.165, 1.54) is 11.3 Å². The van der Waals surface area contributed by atoms with Gasteiger partial charge in [-0.15, -0.1) is 21.5 Å². The molecule has 3 aromatic heterocycles. The van der Waals surface area contributed by atoms with Gasteiger partial charge in [-0.1, -0.05) is 12.1 Å². The number of likely N-dealkylation sites (N-methyl/N-ethyl adjacent to an activating group) is 2. The van der Waals surface area contributed by atoms with Crippen molar-refractivity contribution >= 4 is 49.1 Å². The summed E-state index contributed by atoms with van der Waals surface area (Å²) in [7, 11) is 3.67. The Morgan fingerprint density at radius 1 is 1.07 bits per heavy atom. The van der Waals surface area contributed by atoms with Gasteiger partial charge in [0, 0.05) is 26.2 Å². The molecule has 0 unspecified atom stereocenters. The summed E-state index contributed by atoms with van der Waals surface area (Å²) in [5.74, 6) is 0.110. The first-order valence-electron chi connectivity index (χ1n) is 9.70. The van der Waals surface area contributed by atoms with Crippen LogP contribution in [0.15, 0.2) is 35.1 Å². The normalized spacial score (nSPS) is 11.4. The van der Waals surface area contributed by atoms with Crippen molar-refractivity contribution in [2.75, 3.05) is 45.6 Å². The number of thiazole rings is 1. The first-order chi connectivity index (χ1) is 14.7. The molecule has 0 aliphatic carbocycles. The van der Waals surface area contributed by atoms with Gasteiger partial charge in [-0.05, 0) is 32.3 Å². The lowest BCUT2D eigenvalue weighted by atomic mass is 10.2. The molecule has 0 aliphatic rings. The van der Waals surface area contributed by atoms with Gasteiger partial charge in [0.25, 0.3) is 5.91 Å². The SMILES string of the molecule is CNCCNC(=O)c1c(=O)c2cc(NCCNC)nnc2n2c1sc1ccccc12. The second-order valence-corrected chi connectivity index (χ2v) is 7.80. The molecule has 1 aromatic carbocycles. The van der Waals surface area contributed by atoms with Crippen LogP contribution in [0.5, 0.6) is 0 Å². The number of hydrogen-bond acceptors (Lipinski definition) is 8. The monoisotopic (exact) mass is 425 g/mol. The van der Waals surface area contributed by atoms with Gasteiger partial charge in [-0.3, -0.25) is 14.0 Å². The first kappa shape index (κ1) is 20.2. The summed E-state index contributed by atoms with van der Waals surface area (Å²) in [5, 5.41) is 20.9. The number of amides is 1. The van der Waals surface area contributed by atoms with E-state index in [0.29, 0.717) is 41.3 Å². The Hall–Kier alpha value is -3.08. The minimum absolute atomic E-state index is 0.133. The number of nitrogens with one attached hydrogen (secondary N) is 4. The van der Waals surface area contributed by atoms with Crippen LogP contribution in [0, 0.1) is 0 Å². The van der Waals surface area contributed by atoms with Crippen molar-refractivity contribution in [3.8, 4) is 0 Å². The van der Waals surface area contributed by atoms with Gasteiger partial charge < -0.3 is 21.3 Å². The Balaban J connectivity index is 1.95. The molecule has 0 saturated heterocycles. The zero-order chi connectivity index (χ0) is 21.1. The minimum atomic E-state index is -0.386. The number of pyridine rings is 1. The van der Waals surface area contributed by atoms with E-state index in [0.717, 1.165) is 16.8 Å². The molecule has 9 nitrogen and oxygen atoms in total. The van der Waals surface area contributed by atoms with Crippen LogP contribution in [0.1, 0.15) is 10.4 Å². The maximum absolute atomic E-state index is 13.4. The van der Waals surface area contributed by atoms with Crippen LogP contribution in [0.25, 0.3) is 26.1 Å². The summed E-state index contributed by atoms with van der Waals surface area (Å²) in [5.41, 5.74) is 1.12. The van der Waals surface area contributed by atoms with Crippen LogP contribution >= 0.6 is 11.3 Å². The number of nitrogens with zero attached hydrogens (tertiary/aromatic N) is 3. The molecule has 0 radical (unpaired) electrons. The lowest BCUT2D eigenvalue weighted by Gasteiger charge is -2.10. The van der Waals surface area contributed by atoms with Gasteiger partial charge in [0.05, 0.1) is 15.6 Å². The molecule has 0 fully saturated rings. The highest BCUT2D eigenvalue weighted by atomic mass is 32.1. The number of rotatable bonds is 8. The van der Waals surface area contributed by atoms with Crippen molar-refractivity contribution in [2.45, 2.75) is 0 Å². The van der Waals surface area contributed by atoms with Crippen molar-refractivity contribution in [1.82, 2.24) is 30.5 Å². The zero-order valence-corrected chi connectivity index (χ0v) is 17.6. The summed E-state index contributed by atoms with van der Waals surface area (Å²) in [6.45, 7) is 2.42. The molecule has 0 saturated carbocycles. The van der Waals surface area contributed by atoms with Crippen LogP contribution in [0.4, 0.5) is 5.82 Å². The van der Waals surface area contributed by atoms with E-state index in [4.69, 9.17) is 0 Å². The molecule has 30 heavy (non-hydrogen) atoms. The standard InChI is InChI=1S/C20H23N7O2S/c1-21-7-9-23-15-11-12-17(28)16(19(29)24-10-8-22-2)20-27(18(12)26-25-15)13-5-3-4-6-14(13)30-20/h3-6,11,21-22H,7-10H2,1-2H3,(H,23,25)(H,24,29). The van der Waals surface area contributed by atoms with Crippen LogP contribution in [-0.2, 0) is 0 Å². The fourth-order valence-electron chi connectivity index (χ4n) is 3.30. The fraction of sp³-hybridized carbons (Fsp3) is 0.300. The molecular weight excluding hydrogens is 402 g/mol. The van der Waals surface area contributed by atoms with Gasteiger partial charge in [0.15, 0.2) is 5.65 Å². The van der Waals surface area contributed by atoms with Crippen molar-refractivity contribution in [3.63, 3.8) is 0 Å². The topological polar surface area (TPSA) is 112 Å². The molecule has 0 aliphatic heterocycles. The molecule has 4 aromatic rings. The van der Waals surface area contributed by atoms with E-state index in [1.807, 2.05) is 42.8 Å². The summed E-state index contributed by atoms with van der Waals surface area (Å²) >= 11 is 1.40. The summed E-state index contributed by atoms with van der Waals surface area (Å²) in [4.78, 5) is 26.9. The third-order valence-corrected chi connectivity index (χ3v) is 5.90. The molecule has 4 rings (SSSR count). The quantitative estimate of drug-likeness (QED) is 0.312. The lowest BCUT2D eigenvalue weighted by molar-refractivity contribution is 0.0955. The van der Waals surface area contributed by atoms with E-state index in [9.17, 15) is 9.59 Å². The first-order valence-corrected chi connectivity index (χ1v) is 10.5. The van der Waals surface area contributed by atoms with Crippen molar-refractivity contribution < 1.29 is 4.79 Å². The van der Waals surface area contributed by atoms with E-state index < -0.39 is 0 Å². The van der Waals surface area contributed by atoms with Crippen LogP contribution in [-0.4, -0.2) is 60.8 Å². The lowest BCUT2D eigenvalue weighted by Crippen LogP contribution is -2.34. The van der Waals surface area contributed by atoms with Crippen LogP contribution in [0.3, 0.4) is 0 Å². The van der Waals surface area contributed by atoms with E-state index in [-0.39, 0.29) is 16.9 Å². The third-order valence-electron chi connectivity index (χ3n) is 4.76. The Morgan fingerprint density at radius 2 is 1.83 bits per heavy atom. The van der Waals surface area contributed by atoms with Crippen LogP contribution < -0.4 is 26.7 Å². The van der Waals surface area contributed by atoms with E-state index >= 15 is 0 Å². The Morgan fingerprint density at radius 3 is 2.63 bits per heavy atom. The van der Waals surface area contributed by atoms with Gasteiger partial charge in [0.1, 0.15) is 16.2 Å². The number of fused-ring (bicyclic) bond motifs is 5. The number of aromatic nitrogens is 3. The Bertz CT molecular complexity index is 1280.